The van der Waals surface area contributed by atoms with Crippen LogP contribution in [-0.2, 0) is 16.0 Å². The third-order valence-corrected chi connectivity index (χ3v) is 4.52. The first-order chi connectivity index (χ1) is 12.9. The Hall–Kier alpha value is -3.02. The molecule has 1 aliphatic rings. The highest BCUT2D eigenvalue weighted by atomic mass is 16.5. The summed E-state index contributed by atoms with van der Waals surface area (Å²) in [4.78, 5) is 24.4. The summed E-state index contributed by atoms with van der Waals surface area (Å²) in [6, 6.07) is 12.9. The fourth-order valence-corrected chi connectivity index (χ4v) is 2.71. The molecular formula is C21H24N2O4. The maximum absolute atomic E-state index is 12.3. The first-order valence-electron chi connectivity index (χ1n) is 8.88. The number of nitrogens with one attached hydrogen (secondary N) is 2. The van der Waals surface area contributed by atoms with Crippen LogP contribution in [0.3, 0.4) is 0 Å². The monoisotopic (exact) mass is 368 g/mol. The molecule has 2 N–H and O–H groups in total. The van der Waals surface area contributed by atoms with Crippen molar-refractivity contribution < 1.29 is 19.1 Å². The molecule has 0 fully saturated rings. The smallest absolute Gasteiger partial charge is 0.233 e. The van der Waals surface area contributed by atoms with Crippen LogP contribution < -0.4 is 20.1 Å². The average Bonchev–Trinajstić information content (AvgIpc) is 2.77. The zero-order chi connectivity index (χ0) is 19.4. The number of aryl methyl sites for hydroxylation is 1. The molecule has 0 bridgehead atoms. The number of hydrogen-bond acceptors (Lipinski definition) is 4. The summed E-state index contributed by atoms with van der Waals surface area (Å²) in [5.41, 5.74) is 1.71. The molecule has 0 radical (unpaired) electrons. The van der Waals surface area contributed by atoms with Crippen molar-refractivity contribution in [3.8, 4) is 11.5 Å². The average molecular weight is 368 g/mol. The van der Waals surface area contributed by atoms with Crippen LogP contribution in [0.15, 0.2) is 42.5 Å². The number of hydrogen-bond donors (Lipinski definition) is 2. The van der Waals surface area contributed by atoms with Gasteiger partial charge in [0.1, 0.15) is 18.1 Å². The van der Waals surface area contributed by atoms with E-state index < -0.39 is 5.41 Å². The van der Waals surface area contributed by atoms with Gasteiger partial charge in [-0.25, -0.2) is 0 Å². The Labute approximate surface area is 158 Å². The lowest BCUT2D eigenvalue weighted by Gasteiger charge is -2.18. The number of anilines is 2. The molecule has 6 nitrogen and oxygen atoms in total. The van der Waals surface area contributed by atoms with E-state index in [1.807, 2.05) is 38.1 Å². The molecule has 3 rings (SSSR count). The molecule has 0 unspecified atom stereocenters. The van der Waals surface area contributed by atoms with Crippen LogP contribution in [0.5, 0.6) is 11.5 Å². The zero-order valence-electron chi connectivity index (χ0n) is 15.8. The summed E-state index contributed by atoms with van der Waals surface area (Å²) in [5, 5.41) is 5.74. The summed E-state index contributed by atoms with van der Waals surface area (Å²) in [6.07, 6.45) is 1.01. The Balaban J connectivity index is 1.60. The molecule has 1 aliphatic heterocycles. The number of ether oxygens (including phenoxy) is 2. The van der Waals surface area contributed by atoms with Gasteiger partial charge in [-0.05, 0) is 50.1 Å². The van der Waals surface area contributed by atoms with Crippen molar-refractivity contribution >= 4 is 23.2 Å². The van der Waals surface area contributed by atoms with Crippen molar-refractivity contribution in [2.45, 2.75) is 26.7 Å². The molecule has 0 spiro atoms. The fraction of sp³-hybridized carbons (Fsp3) is 0.333. The van der Waals surface area contributed by atoms with Crippen LogP contribution in [0.2, 0.25) is 0 Å². The fourth-order valence-electron chi connectivity index (χ4n) is 2.71. The molecule has 0 aromatic heterocycles. The molecule has 27 heavy (non-hydrogen) atoms. The molecule has 0 saturated carbocycles. The van der Waals surface area contributed by atoms with E-state index in [1.54, 1.807) is 25.3 Å². The van der Waals surface area contributed by atoms with Gasteiger partial charge >= 0.3 is 0 Å². The van der Waals surface area contributed by atoms with Gasteiger partial charge in [-0.1, -0.05) is 12.1 Å². The first-order valence-corrected chi connectivity index (χ1v) is 8.88. The predicted molar refractivity (Wildman–Crippen MR) is 104 cm³/mol. The highest BCUT2D eigenvalue weighted by Gasteiger charge is 2.32. The van der Waals surface area contributed by atoms with Crippen molar-refractivity contribution in [2.75, 3.05) is 24.4 Å². The maximum atomic E-state index is 12.3. The normalized spacial score (nSPS) is 15.0. The lowest BCUT2D eigenvalue weighted by Crippen LogP contribution is -2.33. The Kier molecular flexibility index (Phi) is 5.35. The molecule has 2 amide bonds. The minimum atomic E-state index is -0.610. The van der Waals surface area contributed by atoms with Gasteiger partial charge in [0.2, 0.25) is 11.8 Å². The van der Waals surface area contributed by atoms with E-state index in [4.69, 9.17) is 9.47 Å². The quantitative estimate of drug-likeness (QED) is 0.845. The van der Waals surface area contributed by atoms with E-state index in [2.05, 4.69) is 10.6 Å². The minimum absolute atomic E-state index is 0.0799. The Morgan fingerprint density at radius 3 is 2.67 bits per heavy atom. The number of benzene rings is 2. The molecule has 2 aromatic carbocycles. The molecule has 0 aliphatic carbocycles. The summed E-state index contributed by atoms with van der Waals surface area (Å²) < 4.78 is 10.9. The largest absolute Gasteiger partial charge is 0.497 e. The lowest BCUT2D eigenvalue weighted by molar-refractivity contribution is -0.125. The zero-order valence-corrected chi connectivity index (χ0v) is 15.8. The Morgan fingerprint density at radius 1 is 1.22 bits per heavy atom. The van der Waals surface area contributed by atoms with Gasteiger partial charge in [-0.15, -0.1) is 0 Å². The van der Waals surface area contributed by atoms with Gasteiger partial charge < -0.3 is 20.1 Å². The molecule has 1 heterocycles. The second-order valence-corrected chi connectivity index (χ2v) is 7.23. The van der Waals surface area contributed by atoms with Crippen LogP contribution >= 0.6 is 0 Å². The highest BCUT2D eigenvalue weighted by Crippen LogP contribution is 2.34. The summed E-state index contributed by atoms with van der Waals surface area (Å²) in [5.74, 6) is 1.19. The summed E-state index contributed by atoms with van der Waals surface area (Å²) >= 11 is 0. The lowest BCUT2D eigenvalue weighted by atomic mass is 9.94. The van der Waals surface area contributed by atoms with E-state index in [0.717, 1.165) is 11.3 Å². The maximum Gasteiger partial charge on any atom is 0.233 e. The van der Waals surface area contributed by atoms with Crippen LogP contribution in [0.25, 0.3) is 0 Å². The van der Waals surface area contributed by atoms with E-state index >= 15 is 0 Å². The minimum Gasteiger partial charge on any atom is -0.497 e. The number of amides is 2. The van der Waals surface area contributed by atoms with E-state index in [9.17, 15) is 9.59 Å². The Morgan fingerprint density at radius 2 is 1.96 bits per heavy atom. The van der Waals surface area contributed by atoms with E-state index in [-0.39, 0.29) is 18.4 Å². The second-order valence-electron chi connectivity index (χ2n) is 7.23. The topological polar surface area (TPSA) is 76.7 Å². The second kappa shape index (κ2) is 7.70. The molecule has 142 valence electrons. The van der Waals surface area contributed by atoms with Gasteiger partial charge in [-0.3, -0.25) is 9.59 Å². The predicted octanol–water partition coefficient (Wildman–Crippen LogP) is 3.62. The molecule has 0 atom stereocenters. The van der Waals surface area contributed by atoms with Crippen molar-refractivity contribution in [2.24, 2.45) is 5.41 Å². The third kappa shape index (κ3) is 4.58. The molecular weight excluding hydrogens is 344 g/mol. The van der Waals surface area contributed by atoms with Crippen molar-refractivity contribution in [3.05, 3.63) is 48.0 Å². The van der Waals surface area contributed by atoms with Crippen molar-refractivity contribution in [1.82, 2.24) is 0 Å². The third-order valence-electron chi connectivity index (χ3n) is 4.52. The Bertz CT molecular complexity index is 844. The molecule has 6 heteroatoms. The summed E-state index contributed by atoms with van der Waals surface area (Å²) in [6.45, 7) is 3.94. The van der Waals surface area contributed by atoms with Gasteiger partial charge in [0, 0.05) is 18.2 Å². The van der Waals surface area contributed by atoms with E-state index in [1.165, 1.54) is 0 Å². The van der Waals surface area contributed by atoms with Gasteiger partial charge in [0.15, 0.2) is 0 Å². The number of fused-ring (bicyclic) bond motifs is 1. The highest BCUT2D eigenvalue weighted by molar-refractivity contribution is 5.98. The van der Waals surface area contributed by atoms with Crippen LogP contribution in [-0.4, -0.2) is 25.5 Å². The van der Waals surface area contributed by atoms with Gasteiger partial charge in [0.25, 0.3) is 0 Å². The van der Waals surface area contributed by atoms with Gasteiger partial charge in [0.05, 0.1) is 18.2 Å². The molecule has 2 aromatic rings. The first kappa shape index (κ1) is 18.8. The van der Waals surface area contributed by atoms with Crippen LogP contribution in [0.1, 0.15) is 25.8 Å². The number of carbonyl (C=O) groups is 2. The SMILES string of the molecule is COc1ccc(CCC(=O)Nc2ccc3c(c2)OCC(C)(C)C(=O)N3)cc1. The van der Waals surface area contributed by atoms with Crippen molar-refractivity contribution in [3.63, 3.8) is 0 Å². The van der Waals surface area contributed by atoms with Crippen LogP contribution in [0, 0.1) is 5.41 Å². The molecule has 0 saturated heterocycles. The summed E-state index contributed by atoms with van der Waals surface area (Å²) in [7, 11) is 1.62. The van der Waals surface area contributed by atoms with Gasteiger partial charge in [-0.2, -0.15) is 0 Å². The van der Waals surface area contributed by atoms with Crippen molar-refractivity contribution in [1.29, 1.82) is 0 Å². The number of methoxy groups -OCH3 is 1. The van der Waals surface area contributed by atoms with Crippen LogP contribution in [0.4, 0.5) is 11.4 Å². The number of carbonyl (C=O) groups excluding carboxylic acids is 2. The number of rotatable bonds is 5. The standard InChI is InChI=1S/C21H24N2O4/c1-21(2)13-27-18-12-15(7-10-17(18)23-20(21)25)22-19(24)11-6-14-4-8-16(26-3)9-5-14/h4-5,7-10,12H,6,11,13H2,1-3H3,(H,22,24)(H,23,25). The van der Waals surface area contributed by atoms with E-state index in [0.29, 0.717) is 30.0 Å².